The molecule has 0 unspecified atom stereocenters. The second-order valence-corrected chi connectivity index (χ2v) is 13.2. The number of likely N-dealkylation sites (tertiary alicyclic amines) is 2. The summed E-state index contributed by atoms with van der Waals surface area (Å²) in [5.41, 5.74) is 0.249. The van der Waals surface area contributed by atoms with Crippen LogP contribution >= 0.6 is 0 Å². The van der Waals surface area contributed by atoms with E-state index in [1.165, 1.54) is 19.3 Å². The lowest BCUT2D eigenvalue weighted by Crippen LogP contribution is -2.50. The fourth-order valence-corrected chi connectivity index (χ4v) is 6.43. The van der Waals surface area contributed by atoms with Crippen LogP contribution < -0.4 is 0 Å². The molecule has 1 amide bonds. The third-order valence-electron chi connectivity index (χ3n) is 9.41. The van der Waals surface area contributed by atoms with Crippen LogP contribution in [-0.2, 0) is 19.1 Å². The summed E-state index contributed by atoms with van der Waals surface area (Å²) in [7, 11) is 0. The van der Waals surface area contributed by atoms with E-state index in [0.29, 0.717) is 19.1 Å². The predicted octanol–water partition coefficient (Wildman–Crippen LogP) is 5.75. The molecule has 0 bridgehead atoms. The quantitative estimate of drug-likeness (QED) is 0.185. The molecule has 0 spiro atoms. The molecule has 1 N–H and O–H groups in total. The Labute approximate surface area is 268 Å². The van der Waals surface area contributed by atoms with Crippen molar-refractivity contribution in [3.8, 4) is 0 Å². The largest absolute Gasteiger partial charge is 0.457 e. The fraction of sp³-hybridized carbons (Fsp3) is 0.611. The van der Waals surface area contributed by atoms with Crippen LogP contribution in [-0.4, -0.2) is 87.8 Å². The third kappa shape index (κ3) is 10.1. The minimum absolute atomic E-state index is 0.0333. The molecular weight excluding hydrogens is 570 g/mol. The van der Waals surface area contributed by atoms with E-state index in [9.17, 15) is 19.5 Å². The molecule has 2 saturated heterocycles. The van der Waals surface area contributed by atoms with E-state index < -0.39 is 29.9 Å². The van der Waals surface area contributed by atoms with Crippen molar-refractivity contribution >= 4 is 17.8 Å². The van der Waals surface area contributed by atoms with Crippen molar-refractivity contribution in [3.63, 3.8) is 0 Å². The van der Waals surface area contributed by atoms with Gasteiger partial charge in [0.2, 0.25) is 0 Å². The highest BCUT2D eigenvalue weighted by atomic mass is 16.6. The predicted molar refractivity (Wildman–Crippen MR) is 174 cm³/mol. The monoisotopic (exact) mass is 621 g/mol. The highest BCUT2D eigenvalue weighted by Gasteiger charge is 2.37. The maximum atomic E-state index is 13.3. The van der Waals surface area contributed by atoms with Gasteiger partial charge in [0.25, 0.3) is 0 Å². The number of cyclic esters (lactones) is 1. The van der Waals surface area contributed by atoms with Crippen LogP contribution in [0.3, 0.4) is 0 Å². The number of rotatable bonds is 6. The Morgan fingerprint density at radius 3 is 2.56 bits per heavy atom. The molecule has 4 heterocycles. The molecule has 2 fully saturated rings. The Bertz CT molecular complexity index is 1230. The van der Waals surface area contributed by atoms with Gasteiger partial charge in [-0.2, -0.15) is 0 Å². The van der Waals surface area contributed by atoms with E-state index in [-0.39, 0.29) is 36.9 Å². The summed E-state index contributed by atoms with van der Waals surface area (Å²) >= 11 is 0. The van der Waals surface area contributed by atoms with Gasteiger partial charge in [-0.3, -0.25) is 14.6 Å². The molecule has 246 valence electrons. The first-order valence-electron chi connectivity index (χ1n) is 16.6. The van der Waals surface area contributed by atoms with Crippen LogP contribution in [0, 0.1) is 5.92 Å². The van der Waals surface area contributed by atoms with Crippen LogP contribution in [0.1, 0.15) is 90.7 Å². The van der Waals surface area contributed by atoms with E-state index >= 15 is 0 Å². The van der Waals surface area contributed by atoms with E-state index in [2.05, 4.69) is 16.8 Å². The van der Waals surface area contributed by atoms with Gasteiger partial charge in [-0.15, -0.1) is 0 Å². The SMILES string of the molecule is C/C(=C\C=C\[C@@H](C)c1ccccn1)[C@H]1OC(=O)CC(=O)CC[C@@](C)(O)[C@@H](OC(=O)N2CCC(N3CCCCC3)CC2)/C=C/[C@@H]1C. The molecule has 3 aliphatic rings. The standard InChI is InChI=1S/C36H51N3O6/c1-26(31-13-6-7-20-37-31)11-10-12-27(2)34-28(3)14-15-32(36(4,43)19-16-30(40)25-33(41)45-34)44-35(42)39-23-17-29(18-24-39)38-21-8-5-9-22-38/h6-7,10-15,20,26,28-29,32,34,43H,5,8-9,16-19,21-25H2,1-4H3/b11-10+,15-14+,27-12+/t26-,28+,32+,34-,36-/m1/s1. The smallest absolute Gasteiger partial charge is 0.410 e. The van der Waals surface area contributed by atoms with Gasteiger partial charge < -0.3 is 24.4 Å². The Morgan fingerprint density at radius 2 is 1.87 bits per heavy atom. The molecule has 45 heavy (non-hydrogen) atoms. The Hall–Kier alpha value is -3.30. The number of allylic oxidation sites excluding steroid dienone is 3. The molecule has 9 nitrogen and oxygen atoms in total. The average molecular weight is 622 g/mol. The van der Waals surface area contributed by atoms with Crippen LogP contribution in [0.4, 0.5) is 4.79 Å². The zero-order chi connectivity index (χ0) is 32.4. The Kier molecular flexibility index (Phi) is 12.5. The molecule has 0 aromatic carbocycles. The van der Waals surface area contributed by atoms with Crippen molar-refractivity contribution in [1.29, 1.82) is 0 Å². The summed E-state index contributed by atoms with van der Waals surface area (Å²) in [5.74, 6) is -1.15. The summed E-state index contributed by atoms with van der Waals surface area (Å²) in [5, 5.41) is 11.4. The number of aliphatic hydroxyl groups is 1. The fourth-order valence-electron chi connectivity index (χ4n) is 6.43. The number of pyridine rings is 1. The van der Waals surface area contributed by atoms with Gasteiger partial charge in [0.05, 0.1) is 0 Å². The number of Topliss-reactive ketones (excluding diaryl/α,β-unsaturated/α-hetero) is 1. The number of hydrogen-bond acceptors (Lipinski definition) is 8. The average Bonchev–Trinajstić information content (AvgIpc) is 3.04. The number of hydrogen-bond donors (Lipinski definition) is 1. The minimum atomic E-state index is -1.50. The first-order valence-corrected chi connectivity index (χ1v) is 16.6. The minimum Gasteiger partial charge on any atom is -0.457 e. The normalized spacial score (nSPS) is 29.8. The van der Waals surface area contributed by atoms with Crippen LogP contribution in [0.5, 0.6) is 0 Å². The highest BCUT2D eigenvalue weighted by Crippen LogP contribution is 2.28. The molecule has 0 aliphatic carbocycles. The van der Waals surface area contributed by atoms with Gasteiger partial charge in [0, 0.05) is 49.3 Å². The third-order valence-corrected chi connectivity index (χ3v) is 9.41. The molecule has 5 atom stereocenters. The molecule has 1 aromatic rings. The van der Waals surface area contributed by atoms with Crippen molar-refractivity contribution in [2.45, 2.75) is 109 Å². The second-order valence-electron chi connectivity index (χ2n) is 13.2. The van der Waals surface area contributed by atoms with Gasteiger partial charge in [-0.05, 0) is 82.8 Å². The molecular formula is C36H51N3O6. The number of aromatic nitrogens is 1. The molecule has 9 heteroatoms. The van der Waals surface area contributed by atoms with Crippen LogP contribution in [0.15, 0.2) is 60.3 Å². The second kappa shape index (κ2) is 16.3. The maximum Gasteiger partial charge on any atom is 0.410 e. The molecule has 0 radical (unpaired) electrons. The molecule has 1 aromatic heterocycles. The topological polar surface area (TPSA) is 109 Å². The zero-order valence-electron chi connectivity index (χ0n) is 27.4. The lowest BCUT2D eigenvalue weighted by molar-refractivity contribution is -0.151. The van der Waals surface area contributed by atoms with Gasteiger partial charge >= 0.3 is 12.1 Å². The lowest BCUT2D eigenvalue weighted by Gasteiger charge is -2.40. The van der Waals surface area contributed by atoms with Gasteiger partial charge in [0.1, 0.15) is 23.9 Å². The number of carbonyl (C=O) groups is 3. The van der Waals surface area contributed by atoms with Gasteiger partial charge in [-0.1, -0.05) is 50.6 Å². The molecule has 3 aliphatic heterocycles. The summed E-state index contributed by atoms with van der Waals surface area (Å²) < 4.78 is 11.8. The van der Waals surface area contributed by atoms with Crippen molar-refractivity contribution in [2.24, 2.45) is 5.92 Å². The lowest BCUT2D eigenvalue weighted by atomic mass is 9.89. The van der Waals surface area contributed by atoms with E-state index in [4.69, 9.17) is 9.47 Å². The number of carbonyl (C=O) groups excluding carboxylic acids is 3. The summed E-state index contributed by atoms with van der Waals surface area (Å²) in [6, 6.07) is 6.30. The summed E-state index contributed by atoms with van der Waals surface area (Å²) in [6.07, 6.45) is 14.3. The number of ketones is 1. The molecule has 0 saturated carbocycles. The Morgan fingerprint density at radius 1 is 1.13 bits per heavy atom. The highest BCUT2D eigenvalue weighted by molar-refractivity contribution is 5.95. The maximum absolute atomic E-state index is 13.3. The van der Waals surface area contributed by atoms with E-state index in [1.807, 2.05) is 56.4 Å². The summed E-state index contributed by atoms with van der Waals surface area (Å²) in [4.78, 5) is 47.5. The van der Waals surface area contributed by atoms with E-state index in [0.717, 1.165) is 37.2 Å². The van der Waals surface area contributed by atoms with Crippen molar-refractivity contribution in [1.82, 2.24) is 14.8 Å². The number of amides is 1. The summed E-state index contributed by atoms with van der Waals surface area (Å²) in [6.45, 7) is 10.9. The zero-order valence-corrected chi connectivity index (χ0v) is 27.4. The van der Waals surface area contributed by atoms with Crippen molar-refractivity contribution < 1.29 is 29.0 Å². The first kappa shape index (κ1) is 34.6. The number of ether oxygens (including phenoxy) is 2. The van der Waals surface area contributed by atoms with Crippen LogP contribution in [0.2, 0.25) is 0 Å². The number of piperidine rings is 2. The van der Waals surface area contributed by atoms with Crippen LogP contribution in [0.25, 0.3) is 0 Å². The van der Waals surface area contributed by atoms with Crippen molar-refractivity contribution in [2.75, 3.05) is 26.2 Å². The van der Waals surface area contributed by atoms with Crippen molar-refractivity contribution in [3.05, 3.63) is 66.0 Å². The molecule has 4 rings (SSSR count). The number of esters is 1. The van der Waals surface area contributed by atoms with E-state index in [1.54, 1.807) is 24.1 Å². The van der Waals surface area contributed by atoms with Gasteiger partial charge in [0.15, 0.2) is 6.10 Å². The Balaban J connectivity index is 1.46. The van der Waals surface area contributed by atoms with Gasteiger partial charge in [-0.25, -0.2) is 4.79 Å². The first-order chi connectivity index (χ1) is 21.5. The number of nitrogens with zero attached hydrogens (tertiary/aromatic N) is 3.